The average molecular weight is 602 g/mol. The molecule has 1 aliphatic rings. The number of likely N-dealkylation sites (N-methyl/N-ethyl adjacent to an activating group) is 1. The van der Waals surface area contributed by atoms with Crippen molar-refractivity contribution in [3.8, 4) is 0 Å². The second-order valence-corrected chi connectivity index (χ2v) is 12.0. The molecule has 1 saturated heterocycles. The molecule has 11 nitrogen and oxygen atoms in total. The van der Waals surface area contributed by atoms with Crippen LogP contribution in [0.4, 0.5) is 26.7 Å². The molecule has 0 bridgehead atoms. The molecule has 234 valence electrons. The molecule has 3 aromatic rings. The summed E-state index contributed by atoms with van der Waals surface area (Å²) in [7, 11) is 2.12. The lowest BCUT2D eigenvalue weighted by Gasteiger charge is -2.34. The second kappa shape index (κ2) is 14.8. The van der Waals surface area contributed by atoms with E-state index >= 15 is 0 Å². The Balaban J connectivity index is 1.41. The Morgan fingerprint density at radius 3 is 2.16 bits per heavy atom. The minimum absolute atomic E-state index is 0.195. The molecule has 1 fully saturated rings. The van der Waals surface area contributed by atoms with Crippen molar-refractivity contribution >= 4 is 35.1 Å². The third-order valence-electron chi connectivity index (χ3n) is 7.11. The van der Waals surface area contributed by atoms with Crippen molar-refractivity contribution in [2.75, 3.05) is 62.3 Å². The normalized spacial score (nSPS) is 14.0. The highest BCUT2D eigenvalue weighted by molar-refractivity contribution is 6.05. The van der Waals surface area contributed by atoms with Gasteiger partial charge in [0.25, 0.3) is 5.91 Å². The molecular weight excluding hydrogens is 558 g/mol. The number of piperazine rings is 1. The van der Waals surface area contributed by atoms with Gasteiger partial charge in [0.1, 0.15) is 11.3 Å². The molecule has 4 amide bonds. The minimum Gasteiger partial charge on any atom is -0.444 e. The molecule has 3 N–H and O–H groups in total. The zero-order valence-electron chi connectivity index (χ0n) is 26.2. The van der Waals surface area contributed by atoms with Gasteiger partial charge in [0.15, 0.2) is 0 Å². The number of aryl methyl sites for hydroxylation is 1. The van der Waals surface area contributed by atoms with Crippen molar-refractivity contribution in [2.24, 2.45) is 0 Å². The lowest BCUT2D eigenvalue weighted by atomic mass is 10.2. The highest BCUT2D eigenvalue weighted by Gasteiger charge is 2.20. The first-order valence-electron chi connectivity index (χ1n) is 14.8. The number of rotatable bonds is 9. The molecule has 0 aliphatic carbocycles. The number of urea groups is 1. The van der Waals surface area contributed by atoms with Gasteiger partial charge < -0.3 is 25.2 Å². The summed E-state index contributed by atoms with van der Waals surface area (Å²) in [4.78, 5) is 49.5. The SMILES string of the molecule is Cc1ccc(NC(=O)N(CCN2CCN(C)CC2)Cc2ccc(C(=O)Nc3ccccc3NC(=O)OC(C)(C)C)nc2)cc1. The number of pyridine rings is 1. The monoisotopic (exact) mass is 601 g/mol. The van der Waals surface area contributed by atoms with Crippen LogP contribution in [0, 0.1) is 6.92 Å². The van der Waals surface area contributed by atoms with Crippen LogP contribution in [0.5, 0.6) is 0 Å². The Hall–Kier alpha value is -4.48. The fraction of sp³-hybridized carbons (Fsp3) is 0.394. The second-order valence-electron chi connectivity index (χ2n) is 12.0. The fourth-order valence-electron chi connectivity index (χ4n) is 4.60. The maximum absolute atomic E-state index is 13.4. The molecular formula is C33H43N7O4. The predicted molar refractivity (Wildman–Crippen MR) is 173 cm³/mol. The molecule has 2 aromatic carbocycles. The topological polar surface area (TPSA) is 119 Å². The van der Waals surface area contributed by atoms with E-state index < -0.39 is 17.6 Å². The van der Waals surface area contributed by atoms with E-state index in [9.17, 15) is 14.4 Å². The summed E-state index contributed by atoms with van der Waals surface area (Å²) in [6, 6.07) is 17.8. The summed E-state index contributed by atoms with van der Waals surface area (Å²) in [6.07, 6.45) is 0.993. The highest BCUT2D eigenvalue weighted by atomic mass is 16.6. The highest BCUT2D eigenvalue weighted by Crippen LogP contribution is 2.23. The van der Waals surface area contributed by atoms with Crippen LogP contribution < -0.4 is 16.0 Å². The molecule has 44 heavy (non-hydrogen) atoms. The Kier molecular flexibility index (Phi) is 10.9. The number of anilines is 3. The number of benzene rings is 2. The standard InChI is InChI=1S/C33H43N7O4/c1-24-10-13-26(14-11-24)35-31(42)40(21-20-39-18-16-38(5)17-19-39)23-25-12-15-29(34-22-25)30(41)36-27-8-6-7-9-28(27)37-32(43)44-33(2,3)4/h6-15,22H,16-21,23H2,1-5H3,(H,35,42)(H,36,41)(H,37,43). The number of hydrogen-bond acceptors (Lipinski definition) is 7. The van der Waals surface area contributed by atoms with Crippen LogP contribution in [0.15, 0.2) is 66.9 Å². The summed E-state index contributed by atoms with van der Waals surface area (Å²) in [5, 5.41) is 8.50. The van der Waals surface area contributed by atoms with E-state index in [1.165, 1.54) is 0 Å². The van der Waals surface area contributed by atoms with Crippen LogP contribution in [0.2, 0.25) is 0 Å². The van der Waals surface area contributed by atoms with Crippen molar-refractivity contribution in [1.82, 2.24) is 19.7 Å². The summed E-state index contributed by atoms with van der Waals surface area (Å²) in [6.45, 7) is 12.9. The number of carbonyl (C=O) groups is 3. The summed E-state index contributed by atoms with van der Waals surface area (Å²) in [5.41, 5.74) is 3.01. The van der Waals surface area contributed by atoms with Gasteiger partial charge in [-0.05, 0) is 70.6 Å². The lowest BCUT2D eigenvalue weighted by molar-refractivity contribution is 0.0635. The number of para-hydroxylation sites is 2. The molecule has 2 heterocycles. The Morgan fingerprint density at radius 1 is 0.886 bits per heavy atom. The van der Waals surface area contributed by atoms with Gasteiger partial charge in [-0.15, -0.1) is 0 Å². The zero-order valence-corrected chi connectivity index (χ0v) is 26.2. The van der Waals surface area contributed by atoms with Gasteiger partial charge in [0.2, 0.25) is 0 Å². The number of aromatic nitrogens is 1. The Labute approximate surface area is 259 Å². The third-order valence-corrected chi connectivity index (χ3v) is 7.11. The smallest absolute Gasteiger partial charge is 0.412 e. The fourth-order valence-corrected chi connectivity index (χ4v) is 4.60. The number of carbonyl (C=O) groups excluding carboxylic acids is 3. The largest absolute Gasteiger partial charge is 0.444 e. The van der Waals surface area contributed by atoms with Crippen LogP contribution in [-0.4, -0.2) is 89.6 Å². The average Bonchev–Trinajstić information content (AvgIpc) is 2.97. The molecule has 0 atom stereocenters. The van der Waals surface area contributed by atoms with Gasteiger partial charge in [0.05, 0.1) is 11.4 Å². The minimum atomic E-state index is -0.657. The van der Waals surface area contributed by atoms with E-state index in [-0.39, 0.29) is 11.7 Å². The van der Waals surface area contributed by atoms with Gasteiger partial charge >= 0.3 is 12.1 Å². The number of nitrogens with zero attached hydrogens (tertiary/aromatic N) is 4. The van der Waals surface area contributed by atoms with E-state index in [2.05, 4.69) is 37.8 Å². The van der Waals surface area contributed by atoms with Gasteiger partial charge in [-0.3, -0.25) is 20.0 Å². The van der Waals surface area contributed by atoms with Crippen LogP contribution in [-0.2, 0) is 11.3 Å². The van der Waals surface area contributed by atoms with E-state index in [0.29, 0.717) is 24.5 Å². The Bertz CT molecular complexity index is 1410. The van der Waals surface area contributed by atoms with Crippen LogP contribution in [0.3, 0.4) is 0 Å². The predicted octanol–water partition coefficient (Wildman–Crippen LogP) is 5.27. The molecule has 0 radical (unpaired) electrons. The summed E-state index contributed by atoms with van der Waals surface area (Å²) < 4.78 is 5.33. The lowest BCUT2D eigenvalue weighted by Crippen LogP contribution is -2.48. The quantitative estimate of drug-likeness (QED) is 0.306. The molecule has 0 unspecified atom stereocenters. The van der Waals surface area contributed by atoms with Crippen LogP contribution in [0.1, 0.15) is 42.4 Å². The van der Waals surface area contributed by atoms with Crippen molar-refractivity contribution in [2.45, 2.75) is 39.8 Å². The molecule has 1 aliphatic heterocycles. The van der Waals surface area contributed by atoms with E-state index in [4.69, 9.17) is 4.74 Å². The first kappa shape index (κ1) is 32.4. The third kappa shape index (κ3) is 10.1. The van der Waals surface area contributed by atoms with Gasteiger partial charge in [-0.2, -0.15) is 0 Å². The van der Waals surface area contributed by atoms with Crippen LogP contribution in [0.25, 0.3) is 0 Å². The molecule has 4 rings (SSSR count). The molecule has 11 heteroatoms. The number of nitrogens with one attached hydrogen (secondary N) is 3. The van der Waals surface area contributed by atoms with Crippen molar-refractivity contribution < 1.29 is 19.1 Å². The van der Waals surface area contributed by atoms with Gasteiger partial charge in [-0.1, -0.05) is 35.9 Å². The molecule has 0 saturated carbocycles. The number of amides is 4. The number of hydrogen-bond donors (Lipinski definition) is 3. The summed E-state index contributed by atoms with van der Waals surface area (Å²) >= 11 is 0. The van der Waals surface area contributed by atoms with Crippen LogP contribution >= 0.6 is 0 Å². The van der Waals surface area contributed by atoms with Crippen molar-refractivity contribution in [3.05, 3.63) is 83.7 Å². The molecule has 0 spiro atoms. The maximum atomic E-state index is 13.4. The Morgan fingerprint density at radius 2 is 1.55 bits per heavy atom. The van der Waals surface area contributed by atoms with E-state index in [0.717, 1.165) is 49.5 Å². The molecule has 1 aromatic heterocycles. The van der Waals surface area contributed by atoms with Gasteiger partial charge in [0, 0.05) is 57.7 Å². The first-order chi connectivity index (χ1) is 20.9. The maximum Gasteiger partial charge on any atom is 0.412 e. The number of ether oxygens (including phenoxy) is 1. The van der Waals surface area contributed by atoms with Crippen molar-refractivity contribution in [3.63, 3.8) is 0 Å². The van der Waals surface area contributed by atoms with E-state index in [1.807, 2.05) is 31.2 Å². The summed E-state index contributed by atoms with van der Waals surface area (Å²) in [5.74, 6) is -0.431. The van der Waals surface area contributed by atoms with Crippen molar-refractivity contribution in [1.29, 1.82) is 0 Å². The van der Waals surface area contributed by atoms with Gasteiger partial charge in [-0.25, -0.2) is 9.59 Å². The first-order valence-corrected chi connectivity index (χ1v) is 14.8. The zero-order chi connectivity index (χ0) is 31.7. The van der Waals surface area contributed by atoms with E-state index in [1.54, 1.807) is 68.3 Å².